The normalized spacial score (nSPS) is 14.9. The molecule has 7 heteroatoms. The molecular formula is C18H21FN4O2. The Kier molecular flexibility index (Phi) is 5.33. The lowest BCUT2D eigenvalue weighted by molar-refractivity contribution is 0.197. The van der Waals surface area contributed by atoms with Gasteiger partial charge in [0.05, 0.1) is 19.0 Å². The summed E-state index contributed by atoms with van der Waals surface area (Å²) in [7, 11) is 1.55. The fraction of sp³-hybridized carbons (Fsp3) is 0.333. The van der Waals surface area contributed by atoms with Gasteiger partial charge in [-0.25, -0.2) is 14.2 Å². The Bertz CT molecular complexity index is 698. The Morgan fingerprint density at radius 3 is 2.44 bits per heavy atom. The molecule has 132 valence electrons. The molecule has 1 aromatic heterocycles. The summed E-state index contributed by atoms with van der Waals surface area (Å²) in [4.78, 5) is 18.2. The second-order valence-electron chi connectivity index (χ2n) is 5.93. The highest BCUT2D eigenvalue weighted by atomic mass is 19.1. The van der Waals surface area contributed by atoms with Crippen molar-refractivity contribution in [1.82, 2.24) is 9.88 Å². The first-order valence-corrected chi connectivity index (χ1v) is 8.22. The number of urea groups is 1. The number of methoxy groups -OCH3 is 1. The van der Waals surface area contributed by atoms with Gasteiger partial charge in [-0.1, -0.05) is 0 Å². The summed E-state index contributed by atoms with van der Waals surface area (Å²) in [5, 5.41) is 6.22. The van der Waals surface area contributed by atoms with E-state index in [0.29, 0.717) is 24.7 Å². The molecule has 0 unspecified atom stereocenters. The molecule has 0 atom stereocenters. The third-order valence-corrected chi connectivity index (χ3v) is 4.19. The summed E-state index contributed by atoms with van der Waals surface area (Å²) in [6, 6.07) is 9.93. The first kappa shape index (κ1) is 17.0. The number of amides is 2. The maximum absolute atomic E-state index is 12.9. The third kappa shape index (κ3) is 4.59. The zero-order valence-corrected chi connectivity index (χ0v) is 14.0. The van der Waals surface area contributed by atoms with Gasteiger partial charge in [0.15, 0.2) is 0 Å². The lowest BCUT2D eigenvalue weighted by Gasteiger charge is -2.32. The van der Waals surface area contributed by atoms with Crippen molar-refractivity contribution in [3.8, 4) is 5.88 Å². The number of pyridine rings is 1. The number of halogens is 1. The number of ether oxygens (including phenoxy) is 1. The van der Waals surface area contributed by atoms with E-state index in [1.54, 1.807) is 42.5 Å². The van der Waals surface area contributed by atoms with Crippen LogP contribution >= 0.6 is 0 Å². The maximum Gasteiger partial charge on any atom is 0.321 e. The van der Waals surface area contributed by atoms with E-state index < -0.39 is 0 Å². The Balaban J connectivity index is 1.47. The highest BCUT2D eigenvalue weighted by molar-refractivity contribution is 5.89. The van der Waals surface area contributed by atoms with Crippen LogP contribution in [0.5, 0.6) is 5.88 Å². The number of nitrogens with zero attached hydrogens (tertiary/aromatic N) is 2. The minimum absolute atomic E-state index is 0.132. The van der Waals surface area contributed by atoms with E-state index >= 15 is 0 Å². The third-order valence-electron chi connectivity index (χ3n) is 4.19. The van der Waals surface area contributed by atoms with Crippen LogP contribution in [-0.2, 0) is 0 Å². The van der Waals surface area contributed by atoms with E-state index in [0.717, 1.165) is 18.5 Å². The zero-order valence-electron chi connectivity index (χ0n) is 14.0. The average Bonchev–Trinajstić information content (AvgIpc) is 2.65. The van der Waals surface area contributed by atoms with Gasteiger partial charge in [-0.05, 0) is 43.2 Å². The van der Waals surface area contributed by atoms with Gasteiger partial charge in [-0.15, -0.1) is 0 Å². The first-order valence-electron chi connectivity index (χ1n) is 8.22. The van der Waals surface area contributed by atoms with Crippen molar-refractivity contribution in [1.29, 1.82) is 0 Å². The van der Waals surface area contributed by atoms with Crippen LogP contribution in [0, 0.1) is 5.82 Å². The topological polar surface area (TPSA) is 66.5 Å². The fourth-order valence-corrected chi connectivity index (χ4v) is 2.79. The molecule has 25 heavy (non-hydrogen) atoms. The monoisotopic (exact) mass is 344 g/mol. The smallest absolute Gasteiger partial charge is 0.321 e. The van der Waals surface area contributed by atoms with Gasteiger partial charge >= 0.3 is 6.03 Å². The molecule has 1 aliphatic rings. The van der Waals surface area contributed by atoms with E-state index in [-0.39, 0.29) is 17.9 Å². The zero-order chi connectivity index (χ0) is 17.6. The number of anilines is 2. The summed E-state index contributed by atoms with van der Waals surface area (Å²) in [5.41, 5.74) is 1.53. The molecule has 2 aromatic rings. The SMILES string of the molecule is COc1ccc(NC(=O)N2CCC(Nc3ccc(F)cc3)CC2)cn1. The molecule has 0 spiro atoms. The van der Waals surface area contributed by atoms with Crippen LogP contribution in [0.2, 0.25) is 0 Å². The number of piperidine rings is 1. The molecular weight excluding hydrogens is 323 g/mol. The molecule has 0 aliphatic carbocycles. The van der Waals surface area contributed by atoms with Gasteiger partial charge in [-0.2, -0.15) is 0 Å². The molecule has 2 N–H and O–H groups in total. The van der Waals surface area contributed by atoms with Crippen molar-refractivity contribution in [2.24, 2.45) is 0 Å². The van der Waals surface area contributed by atoms with Gasteiger partial charge in [-0.3, -0.25) is 0 Å². The lowest BCUT2D eigenvalue weighted by atomic mass is 10.0. The number of likely N-dealkylation sites (tertiary alicyclic amines) is 1. The Labute approximate surface area is 146 Å². The predicted molar refractivity (Wildman–Crippen MR) is 94.4 cm³/mol. The van der Waals surface area contributed by atoms with Crippen molar-refractivity contribution in [2.75, 3.05) is 30.8 Å². The number of carbonyl (C=O) groups excluding carboxylic acids is 1. The standard InChI is InChI=1S/C18H21FN4O2/c1-25-17-7-6-16(12-20-17)22-18(24)23-10-8-15(9-11-23)21-14-4-2-13(19)3-5-14/h2-7,12,15,21H,8-11H2,1H3,(H,22,24). The summed E-state index contributed by atoms with van der Waals surface area (Å²) in [6.07, 6.45) is 3.25. The lowest BCUT2D eigenvalue weighted by Crippen LogP contribution is -2.44. The summed E-state index contributed by atoms with van der Waals surface area (Å²) in [5.74, 6) is 0.260. The molecule has 1 aromatic carbocycles. The van der Waals surface area contributed by atoms with Crippen LogP contribution in [-0.4, -0.2) is 42.2 Å². The Morgan fingerprint density at radius 1 is 1.16 bits per heavy atom. The van der Waals surface area contributed by atoms with Crippen molar-refractivity contribution in [3.05, 3.63) is 48.4 Å². The van der Waals surface area contributed by atoms with E-state index in [1.165, 1.54) is 12.1 Å². The Morgan fingerprint density at radius 2 is 1.84 bits per heavy atom. The van der Waals surface area contributed by atoms with Crippen molar-refractivity contribution in [3.63, 3.8) is 0 Å². The van der Waals surface area contributed by atoms with Gasteiger partial charge in [0, 0.05) is 30.9 Å². The summed E-state index contributed by atoms with van der Waals surface area (Å²) in [6.45, 7) is 1.32. The minimum atomic E-state index is -0.245. The van der Waals surface area contributed by atoms with E-state index in [4.69, 9.17) is 4.74 Å². The van der Waals surface area contributed by atoms with E-state index in [2.05, 4.69) is 15.6 Å². The molecule has 0 bridgehead atoms. The first-order chi connectivity index (χ1) is 12.1. The number of rotatable bonds is 4. The highest BCUT2D eigenvalue weighted by Gasteiger charge is 2.22. The molecule has 1 saturated heterocycles. The van der Waals surface area contributed by atoms with Crippen LogP contribution in [0.3, 0.4) is 0 Å². The second kappa shape index (κ2) is 7.83. The molecule has 2 amide bonds. The molecule has 2 heterocycles. The van der Waals surface area contributed by atoms with Crippen molar-refractivity contribution >= 4 is 17.4 Å². The largest absolute Gasteiger partial charge is 0.481 e. The van der Waals surface area contributed by atoms with E-state index in [1.807, 2.05) is 0 Å². The molecule has 3 rings (SSSR count). The van der Waals surface area contributed by atoms with Gasteiger partial charge < -0.3 is 20.3 Å². The number of hydrogen-bond donors (Lipinski definition) is 2. The summed E-state index contributed by atoms with van der Waals surface area (Å²) >= 11 is 0. The quantitative estimate of drug-likeness (QED) is 0.893. The van der Waals surface area contributed by atoms with Gasteiger partial charge in [0.1, 0.15) is 5.82 Å². The molecule has 1 fully saturated rings. The summed E-state index contributed by atoms with van der Waals surface area (Å²) < 4.78 is 17.9. The number of benzene rings is 1. The van der Waals surface area contributed by atoms with Crippen LogP contribution in [0.1, 0.15) is 12.8 Å². The predicted octanol–water partition coefficient (Wildman–Crippen LogP) is 3.34. The molecule has 1 aliphatic heterocycles. The van der Waals surface area contributed by atoms with Gasteiger partial charge in [0.25, 0.3) is 0 Å². The highest BCUT2D eigenvalue weighted by Crippen LogP contribution is 2.18. The number of carbonyl (C=O) groups is 1. The van der Waals surface area contributed by atoms with Crippen LogP contribution in [0.15, 0.2) is 42.6 Å². The van der Waals surface area contributed by atoms with E-state index in [9.17, 15) is 9.18 Å². The maximum atomic E-state index is 12.9. The van der Waals surface area contributed by atoms with Crippen LogP contribution < -0.4 is 15.4 Å². The molecule has 6 nitrogen and oxygen atoms in total. The van der Waals surface area contributed by atoms with Gasteiger partial charge in [0.2, 0.25) is 5.88 Å². The minimum Gasteiger partial charge on any atom is -0.481 e. The van der Waals surface area contributed by atoms with Crippen molar-refractivity contribution in [2.45, 2.75) is 18.9 Å². The Hall–Kier alpha value is -2.83. The molecule has 0 radical (unpaired) electrons. The number of nitrogens with one attached hydrogen (secondary N) is 2. The number of hydrogen-bond acceptors (Lipinski definition) is 4. The van der Waals surface area contributed by atoms with Crippen LogP contribution in [0.4, 0.5) is 20.6 Å². The second-order valence-corrected chi connectivity index (χ2v) is 5.93. The molecule has 0 saturated carbocycles. The van der Waals surface area contributed by atoms with Crippen molar-refractivity contribution < 1.29 is 13.9 Å². The number of aromatic nitrogens is 1. The fourth-order valence-electron chi connectivity index (χ4n) is 2.79. The average molecular weight is 344 g/mol. The van der Waals surface area contributed by atoms with Crippen LogP contribution in [0.25, 0.3) is 0 Å².